The van der Waals surface area contributed by atoms with E-state index >= 15 is 4.79 Å². The minimum Gasteiger partial charge on any atom is -0.497 e. The summed E-state index contributed by atoms with van der Waals surface area (Å²) >= 11 is 0. The monoisotopic (exact) mass is 1540 g/mol. The van der Waals surface area contributed by atoms with Crippen LogP contribution in [0.25, 0.3) is 0 Å². The first-order valence-corrected chi connectivity index (χ1v) is 44.8. The molecular formula is C96H150N2O13. The van der Waals surface area contributed by atoms with E-state index in [0.29, 0.717) is 65.3 Å². The summed E-state index contributed by atoms with van der Waals surface area (Å²) < 4.78 is 47.8. The van der Waals surface area contributed by atoms with E-state index in [2.05, 4.69) is 25.8 Å². The number of rotatable bonds is 69. The number of aryl methyl sites for hydroxylation is 1. The summed E-state index contributed by atoms with van der Waals surface area (Å²) in [4.78, 5) is 58.2. The maximum atomic E-state index is 15.0. The minimum absolute atomic E-state index is 0.131. The number of carboxylic acid groups (broad SMARTS) is 2. The van der Waals surface area contributed by atoms with Crippen molar-refractivity contribution in [3.8, 4) is 28.7 Å². The van der Waals surface area contributed by atoms with Crippen LogP contribution in [-0.4, -0.2) is 78.5 Å². The van der Waals surface area contributed by atoms with E-state index in [1.165, 1.54) is 261 Å². The minimum atomic E-state index is -2.11. The Labute approximate surface area is 670 Å². The zero-order valence-electron chi connectivity index (χ0n) is 70.2. The van der Waals surface area contributed by atoms with Crippen molar-refractivity contribution in [2.75, 3.05) is 40.6 Å². The Morgan fingerprint density at radius 2 is 0.811 bits per heavy atom. The molecule has 0 amide bonds. The number of nitrogens with one attached hydrogen (secondary N) is 1. The maximum absolute atomic E-state index is 15.0. The second kappa shape index (κ2) is 56.6. The first-order valence-electron chi connectivity index (χ1n) is 44.8. The summed E-state index contributed by atoms with van der Waals surface area (Å²) in [5.74, 6) is -1.23. The number of unbranched alkanes of at least 4 members (excludes halogenated alkanes) is 45. The number of benzene rings is 4. The standard InChI is InChI=1S/C96H150N2O13/c1-7-10-13-16-19-22-25-28-31-34-37-40-43-46-49-55-68-107-86-71-79(72-87(108-69-56-50-47-44-41-38-35-32-29-26-23-20-17-14-11-8-2)91(86)109-70-57-51-48-45-42-39-36-33-30-27-24-21-18-15-12-9-3)74-95(93(102)103,75-90(99)100)85-73-89(98-76-78(4)92(101)97-94(98)104)111-88(85)77-110-96(80-58-53-52-54-59-80,81-60-64-83(105-5)65-61-81)82-62-66-84(106-6)67-63-82/h52-54,58-67,71-72,76,85,88-89H,7-51,55-57,68-70,73-75,77H2,1-6H3,(H,99,100)(H,102,103)(H,97,101,104)/t85-,88-,89-,95?/m1/s1. The number of hydrogen-bond acceptors (Lipinski definition) is 11. The molecule has 0 saturated carbocycles. The third kappa shape index (κ3) is 34.2. The van der Waals surface area contributed by atoms with Gasteiger partial charge in [0.1, 0.15) is 23.3 Å². The van der Waals surface area contributed by atoms with Gasteiger partial charge in [-0.3, -0.25) is 23.9 Å². The lowest BCUT2D eigenvalue weighted by Crippen LogP contribution is -2.48. The number of aliphatic carboxylic acids is 2. The number of ether oxygens (including phenoxy) is 7. The van der Waals surface area contributed by atoms with Crippen LogP contribution in [0.3, 0.4) is 0 Å². The molecule has 0 radical (unpaired) electrons. The molecule has 4 aromatic carbocycles. The number of methoxy groups -OCH3 is 2. The average molecular weight is 1540 g/mol. The fourth-order valence-electron chi connectivity index (χ4n) is 16.6. The van der Waals surface area contributed by atoms with Gasteiger partial charge < -0.3 is 43.4 Å². The number of hydrogen-bond donors (Lipinski definition) is 3. The first-order chi connectivity index (χ1) is 54.3. The van der Waals surface area contributed by atoms with E-state index in [-0.39, 0.29) is 25.0 Å². The van der Waals surface area contributed by atoms with Gasteiger partial charge in [-0.1, -0.05) is 364 Å². The highest BCUT2D eigenvalue weighted by Crippen LogP contribution is 2.52. The zero-order valence-corrected chi connectivity index (χ0v) is 70.2. The molecule has 0 spiro atoms. The summed E-state index contributed by atoms with van der Waals surface area (Å²) in [6.45, 7) is 9.35. The fraction of sp³-hybridized carbons (Fsp3) is 0.688. The van der Waals surface area contributed by atoms with Gasteiger partial charge in [0.05, 0.1) is 58.6 Å². The van der Waals surface area contributed by atoms with Gasteiger partial charge in [0.25, 0.3) is 5.56 Å². The molecule has 2 heterocycles. The second-order valence-electron chi connectivity index (χ2n) is 32.4. The number of nitrogens with zero attached hydrogens (tertiary/aromatic N) is 1. The number of aromatic amines is 1. The van der Waals surface area contributed by atoms with Gasteiger partial charge in [-0.05, 0) is 97.7 Å². The molecule has 1 aliphatic heterocycles. The topological polar surface area (TPSA) is 194 Å². The molecule has 5 aromatic rings. The average Bonchev–Trinajstić information content (AvgIpc) is 1.74. The number of aromatic nitrogens is 2. The Kier molecular flexibility index (Phi) is 47.6. The molecule has 1 aromatic heterocycles. The second-order valence-corrected chi connectivity index (χ2v) is 32.4. The van der Waals surface area contributed by atoms with Crippen molar-refractivity contribution in [2.45, 2.75) is 373 Å². The third-order valence-corrected chi connectivity index (χ3v) is 23.3. The number of carboxylic acids is 2. The molecule has 622 valence electrons. The Balaban J connectivity index is 1.30. The highest BCUT2D eigenvalue weighted by Gasteiger charge is 2.56. The molecule has 15 heteroatoms. The van der Waals surface area contributed by atoms with Crippen LogP contribution in [0, 0.1) is 18.3 Å². The van der Waals surface area contributed by atoms with Gasteiger partial charge >= 0.3 is 17.6 Å². The van der Waals surface area contributed by atoms with Crippen molar-refractivity contribution in [2.24, 2.45) is 11.3 Å². The smallest absolute Gasteiger partial charge is 0.330 e. The van der Waals surface area contributed by atoms with Crippen LogP contribution >= 0.6 is 0 Å². The summed E-state index contributed by atoms with van der Waals surface area (Å²) in [7, 11) is 3.21. The van der Waals surface area contributed by atoms with Crippen LogP contribution in [-0.2, 0) is 31.1 Å². The summed E-state index contributed by atoms with van der Waals surface area (Å²) in [5.41, 5.74) is -1.93. The molecule has 111 heavy (non-hydrogen) atoms. The molecule has 1 fully saturated rings. The molecule has 4 atom stereocenters. The molecule has 0 aliphatic carbocycles. The van der Waals surface area contributed by atoms with Crippen molar-refractivity contribution in [3.05, 3.63) is 146 Å². The Hall–Kier alpha value is -6.58. The van der Waals surface area contributed by atoms with E-state index in [9.17, 15) is 24.6 Å². The summed E-state index contributed by atoms with van der Waals surface area (Å²) in [6.07, 6.45) is 57.9. The van der Waals surface area contributed by atoms with Crippen LogP contribution in [0.5, 0.6) is 28.7 Å². The SMILES string of the molecule is CCCCCCCCCCCCCCCCCCOc1cc(CC(CC(=O)O)(C(=O)O)[C@@H]2C[C@H](n3cc(C)c(=O)[nH]c3=O)O[C@@H]2COC(c2ccccc2)(c2ccc(OC)cc2)c2ccc(OC)cc2)cc(OCCCCCCCCCCCCCCCCCC)c1OCCCCCCCCCCCCCCCCCC. The largest absolute Gasteiger partial charge is 0.497 e. The normalized spacial score (nSPS) is 14.9. The Morgan fingerprint density at radius 3 is 1.15 bits per heavy atom. The van der Waals surface area contributed by atoms with Crippen LogP contribution in [0.4, 0.5) is 0 Å². The Bertz CT molecular complexity index is 3240. The molecule has 15 nitrogen and oxygen atoms in total. The van der Waals surface area contributed by atoms with Crippen molar-refractivity contribution < 1.29 is 53.0 Å². The lowest BCUT2D eigenvalue weighted by Gasteiger charge is -2.40. The molecule has 1 unspecified atom stereocenters. The van der Waals surface area contributed by atoms with Crippen LogP contribution in [0.2, 0.25) is 0 Å². The molecule has 1 saturated heterocycles. The van der Waals surface area contributed by atoms with E-state index in [0.717, 1.165) is 63.4 Å². The van der Waals surface area contributed by atoms with Gasteiger partial charge in [-0.2, -0.15) is 0 Å². The van der Waals surface area contributed by atoms with Crippen molar-refractivity contribution >= 4 is 11.9 Å². The van der Waals surface area contributed by atoms with E-state index in [1.807, 2.05) is 91.0 Å². The van der Waals surface area contributed by atoms with Crippen molar-refractivity contribution in [1.29, 1.82) is 0 Å². The molecule has 0 bridgehead atoms. The van der Waals surface area contributed by atoms with Gasteiger partial charge in [-0.25, -0.2) is 4.79 Å². The molecule has 1 aliphatic rings. The van der Waals surface area contributed by atoms with Gasteiger partial charge in [0.2, 0.25) is 5.75 Å². The van der Waals surface area contributed by atoms with Crippen LogP contribution in [0.15, 0.2) is 107 Å². The Morgan fingerprint density at radius 1 is 0.468 bits per heavy atom. The zero-order chi connectivity index (χ0) is 79.3. The summed E-state index contributed by atoms with van der Waals surface area (Å²) in [5, 5.41) is 23.5. The van der Waals surface area contributed by atoms with Crippen LogP contribution < -0.4 is 34.9 Å². The number of H-pyrrole nitrogens is 1. The predicted octanol–water partition coefficient (Wildman–Crippen LogP) is 25.5. The number of carbonyl (C=O) groups is 2. The summed E-state index contributed by atoms with van der Waals surface area (Å²) in [6, 6.07) is 28.5. The molecular weight excluding hydrogens is 1390 g/mol. The van der Waals surface area contributed by atoms with E-state index < -0.39 is 58.9 Å². The van der Waals surface area contributed by atoms with Crippen molar-refractivity contribution in [1.82, 2.24) is 9.55 Å². The fourth-order valence-corrected chi connectivity index (χ4v) is 16.6. The predicted molar refractivity (Wildman–Crippen MR) is 454 cm³/mol. The first kappa shape index (κ1) is 93.3. The third-order valence-electron chi connectivity index (χ3n) is 23.3. The lowest BCUT2D eigenvalue weighted by atomic mass is 9.66. The van der Waals surface area contributed by atoms with Gasteiger partial charge in [-0.15, -0.1) is 0 Å². The van der Waals surface area contributed by atoms with Gasteiger partial charge in [0, 0.05) is 17.7 Å². The maximum Gasteiger partial charge on any atom is 0.330 e. The quantitative estimate of drug-likeness (QED) is 0.0246. The molecule has 3 N–H and O–H groups in total. The molecule has 6 rings (SSSR count). The van der Waals surface area contributed by atoms with E-state index in [4.69, 9.17) is 33.2 Å². The highest BCUT2D eigenvalue weighted by atomic mass is 16.6. The van der Waals surface area contributed by atoms with Crippen molar-refractivity contribution in [3.63, 3.8) is 0 Å². The van der Waals surface area contributed by atoms with Gasteiger partial charge in [0.15, 0.2) is 11.5 Å². The van der Waals surface area contributed by atoms with Crippen LogP contribution in [0.1, 0.15) is 376 Å². The van der Waals surface area contributed by atoms with E-state index in [1.54, 1.807) is 21.1 Å². The lowest BCUT2D eigenvalue weighted by molar-refractivity contribution is -0.163. The highest BCUT2D eigenvalue weighted by molar-refractivity contribution is 5.82.